The molecule has 0 saturated carbocycles. The molecule has 0 spiro atoms. The van der Waals surface area contributed by atoms with Gasteiger partial charge in [-0.3, -0.25) is 9.59 Å². The zero-order valence-corrected chi connectivity index (χ0v) is 17.0. The van der Waals surface area contributed by atoms with Crippen LogP contribution in [0.25, 0.3) is 10.9 Å². The van der Waals surface area contributed by atoms with Crippen LogP contribution in [0.15, 0.2) is 30.5 Å². The van der Waals surface area contributed by atoms with Gasteiger partial charge in [0, 0.05) is 62.3 Å². The number of aromatic nitrogens is 1. The highest BCUT2D eigenvalue weighted by Crippen LogP contribution is 2.21. The number of fused-ring (bicyclic) bond motifs is 1. The maximum atomic E-state index is 12.8. The first-order valence-corrected chi connectivity index (χ1v) is 10.9. The molecule has 1 unspecified atom stereocenters. The minimum absolute atomic E-state index is 0.0845. The summed E-state index contributed by atoms with van der Waals surface area (Å²) in [5, 5.41) is 4.32. The summed E-state index contributed by atoms with van der Waals surface area (Å²) in [5.41, 5.74) is 2.32. The molecule has 2 N–H and O–H groups in total. The Labute approximate surface area is 172 Å². The number of H-pyrrole nitrogens is 1. The number of hydrogen-bond donors (Lipinski definition) is 2. The Morgan fingerprint density at radius 2 is 2.00 bits per heavy atom. The zero-order chi connectivity index (χ0) is 20.1. The molecule has 1 aromatic heterocycles. The quantitative estimate of drug-likeness (QED) is 0.787. The lowest BCUT2D eigenvalue weighted by molar-refractivity contribution is -0.133. The lowest BCUT2D eigenvalue weighted by Gasteiger charge is -2.33. The van der Waals surface area contributed by atoms with Gasteiger partial charge in [-0.1, -0.05) is 18.2 Å². The van der Waals surface area contributed by atoms with Crippen LogP contribution < -0.4 is 5.32 Å². The van der Waals surface area contributed by atoms with Crippen molar-refractivity contribution in [2.75, 3.05) is 32.8 Å². The van der Waals surface area contributed by atoms with Gasteiger partial charge in [-0.25, -0.2) is 0 Å². The third kappa shape index (κ3) is 4.99. The monoisotopic (exact) mass is 397 g/mol. The Balaban J connectivity index is 1.24. The van der Waals surface area contributed by atoms with Crippen molar-refractivity contribution < 1.29 is 14.3 Å². The Bertz CT molecular complexity index is 841. The normalized spacial score (nSPS) is 20.7. The van der Waals surface area contributed by atoms with E-state index in [-0.39, 0.29) is 17.7 Å². The molecule has 6 nitrogen and oxygen atoms in total. The molecule has 2 aromatic rings. The van der Waals surface area contributed by atoms with E-state index in [1.54, 1.807) is 0 Å². The molecule has 1 atom stereocenters. The Morgan fingerprint density at radius 1 is 1.17 bits per heavy atom. The van der Waals surface area contributed by atoms with Crippen LogP contribution in [0.5, 0.6) is 0 Å². The van der Waals surface area contributed by atoms with Crippen molar-refractivity contribution in [3.8, 4) is 0 Å². The number of benzene rings is 1. The van der Waals surface area contributed by atoms with Crippen molar-refractivity contribution in [3.63, 3.8) is 0 Å². The highest BCUT2D eigenvalue weighted by Gasteiger charge is 2.26. The minimum Gasteiger partial charge on any atom is -0.381 e. The SMILES string of the molecule is O=C(NCC1CCCN(C(=O)CCc2c[nH]c3ccccc23)C1)C1CCOCC1. The number of nitrogens with zero attached hydrogens (tertiary/aromatic N) is 1. The minimum atomic E-state index is 0.0845. The van der Waals surface area contributed by atoms with Crippen LogP contribution in [-0.2, 0) is 20.7 Å². The fourth-order valence-corrected chi connectivity index (χ4v) is 4.55. The fraction of sp³-hybridized carbons (Fsp3) is 0.565. The topological polar surface area (TPSA) is 74.4 Å². The van der Waals surface area contributed by atoms with Gasteiger partial charge >= 0.3 is 0 Å². The standard InChI is InChI=1S/C23H31N3O3/c27-22(8-7-19-15-24-21-6-2-1-5-20(19)21)26-11-3-4-17(16-26)14-25-23(28)18-9-12-29-13-10-18/h1-2,5-6,15,17-18,24H,3-4,7-14,16H2,(H,25,28). The first-order valence-electron chi connectivity index (χ1n) is 10.9. The van der Waals surface area contributed by atoms with Crippen molar-refractivity contribution in [3.05, 3.63) is 36.0 Å². The van der Waals surface area contributed by atoms with E-state index in [1.165, 1.54) is 10.9 Å². The van der Waals surface area contributed by atoms with Crippen LogP contribution in [0.1, 0.15) is 37.7 Å². The summed E-state index contributed by atoms with van der Waals surface area (Å²) in [6, 6.07) is 8.21. The van der Waals surface area contributed by atoms with Crippen LogP contribution in [0.4, 0.5) is 0 Å². The van der Waals surface area contributed by atoms with E-state index in [2.05, 4.69) is 22.4 Å². The lowest BCUT2D eigenvalue weighted by atomic mass is 9.95. The van der Waals surface area contributed by atoms with E-state index in [9.17, 15) is 9.59 Å². The second kappa shape index (κ2) is 9.44. The molecule has 2 saturated heterocycles. The molecular formula is C23H31N3O3. The number of hydrogen-bond acceptors (Lipinski definition) is 3. The summed E-state index contributed by atoms with van der Waals surface area (Å²) >= 11 is 0. The van der Waals surface area contributed by atoms with Crippen molar-refractivity contribution in [2.24, 2.45) is 11.8 Å². The number of ether oxygens (including phenoxy) is 1. The van der Waals surface area contributed by atoms with Gasteiger partial charge in [-0.15, -0.1) is 0 Å². The summed E-state index contributed by atoms with van der Waals surface area (Å²) in [5.74, 6) is 0.803. The number of para-hydroxylation sites is 1. The Hall–Kier alpha value is -2.34. The number of nitrogens with one attached hydrogen (secondary N) is 2. The Kier molecular flexibility index (Phi) is 6.49. The number of carbonyl (C=O) groups excluding carboxylic acids is 2. The number of aryl methyl sites for hydroxylation is 1. The molecule has 0 bridgehead atoms. The van der Waals surface area contributed by atoms with E-state index in [4.69, 9.17) is 4.74 Å². The molecule has 0 radical (unpaired) electrons. The third-order valence-electron chi connectivity index (χ3n) is 6.31. The van der Waals surface area contributed by atoms with Gasteiger partial charge in [-0.05, 0) is 49.7 Å². The van der Waals surface area contributed by atoms with Gasteiger partial charge < -0.3 is 19.9 Å². The van der Waals surface area contributed by atoms with E-state index in [1.807, 2.05) is 23.2 Å². The van der Waals surface area contributed by atoms with Crippen molar-refractivity contribution in [2.45, 2.75) is 38.5 Å². The van der Waals surface area contributed by atoms with E-state index in [0.29, 0.717) is 32.1 Å². The number of likely N-dealkylation sites (tertiary alicyclic amines) is 1. The second-order valence-electron chi connectivity index (χ2n) is 8.34. The van der Waals surface area contributed by atoms with Gasteiger partial charge in [0.15, 0.2) is 0 Å². The van der Waals surface area contributed by atoms with E-state index < -0.39 is 0 Å². The van der Waals surface area contributed by atoms with Crippen LogP contribution in [-0.4, -0.2) is 54.5 Å². The van der Waals surface area contributed by atoms with Gasteiger partial charge in [0.2, 0.25) is 11.8 Å². The maximum Gasteiger partial charge on any atom is 0.223 e. The molecule has 2 amide bonds. The van der Waals surface area contributed by atoms with Crippen LogP contribution >= 0.6 is 0 Å². The summed E-state index contributed by atoms with van der Waals surface area (Å²) in [6.07, 6.45) is 7.01. The predicted octanol–water partition coefficient (Wildman–Crippen LogP) is 2.88. The predicted molar refractivity (Wildman–Crippen MR) is 112 cm³/mol. The maximum absolute atomic E-state index is 12.8. The summed E-state index contributed by atoms with van der Waals surface area (Å²) in [6.45, 7) is 3.61. The lowest BCUT2D eigenvalue weighted by Crippen LogP contribution is -2.45. The number of piperidine rings is 1. The zero-order valence-electron chi connectivity index (χ0n) is 17.0. The van der Waals surface area contributed by atoms with Crippen LogP contribution in [0, 0.1) is 11.8 Å². The summed E-state index contributed by atoms with van der Waals surface area (Å²) in [4.78, 5) is 30.4. The first-order chi connectivity index (χ1) is 14.2. The van der Waals surface area contributed by atoms with Gasteiger partial charge in [-0.2, -0.15) is 0 Å². The Morgan fingerprint density at radius 3 is 2.86 bits per heavy atom. The average Bonchev–Trinajstić information content (AvgIpc) is 3.20. The molecule has 4 rings (SSSR count). The van der Waals surface area contributed by atoms with E-state index >= 15 is 0 Å². The number of amides is 2. The molecule has 0 aliphatic carbocycles. The molecule has 156 valence electrons. The number of aromatic amines is 1. The van der Waals surface area contributed by atoms with Crippen LogP contribution in [0.2, 0.25) is 0 Å². The molecule has 1 aromatic carbocycles. The molecule has 2 aliphatic heterocycles. The van der Waals surface area contributed by atoms with Gasteiger partial charge in [0.05, 0.1) is 0 Å². The molecule has 6 heteroatoms. The first kappa shape index (κ1) is 20.0. The smallest absolute Gasteiger partial charge is 0.223 e. The third-order valence-corrected chi connectivity index (χ3v) is 6.31. The largest absolute Gasteiger partial charge is 0.381 e. The highest BCUT2D eigenvalue weighted by atomic mass is 16.5. The highest BCUT2D eigenvalue weighted by molar-refractivity contribution is 5.84. The summed E-state index contributed by atoms with van der Waals surface area (Å²) < 4.78 is 5.33. The van der Waals surface area contributed by atoms with Crippen molar-refractivity contribution in [1.82, 2.24) is 15.2 Å². The molecular weight excluding hydrogens is 366 g/mol. The number of rotatable bonds is 6. The fourth-order valence-electron chi connectivity index (χ4n) is 4.55. The average molecular weight is 398 g/mol. The molecule has 2 fully saturated rings. The van der Waals surface area contributed by atoms with E-state index in [0.717, 1.165) is 50.7 Å². The summed E-state index contributed by atoms with van der Waals surface area (Å²) in [7, 11) is 0. The molecule has 3 heterocycles. The van der Waals surface area contributed by atoms with Gasteiger partial charge in [0.25, 0.3) is 0 Å². The molecule has 2 aliphatic rings. The number of carbonyl (C=O) groups is 2. The van der Waals surface area contributed by atoms with Crippen LogP contribution in [0.3, 0.4) is 0 Å². The van der Waals surface area contributed by atoms with Crippen molar-refractivity contribution >= 4 is 22.7 Å². The molecule has 29 heavy (non-hydrogen) atoms. The van der Waals surface area contributed by atoms with Crippen molar-refractivity contribution in [1.29, 1.82) is 0 Å². The second-order valence-corrected chi connectivity index (χ2v) is 8.34. The van der Waals surface area contributed by atoms with Gasteiger partial charge in [0.1, 0.15) is 0 Å².